The van der Waals surface area contributed by atoms with Crippen LogP contribution >= 0.6 is 12.2 Å². The van der Waals surface area contributed by atoms with Crippen LogP contribution in [0.1, 0.15) is 12.8 Å². The van der Waals surface area contributed by atoms with Crippen molar-refractivity contribution in [3.05, 3.63) is 18.5 Å². The van der Waals surface area contributed by atoms with Crippen LogP contribution in [0, 0.1) is 0 Å². The second-order valence-corrected chi connectivity index (χ2v) is 5.73. The fraction of sp³-hybridized carbons (Fsp3) is 0.643. The number of aromatic nitrogens is 2. The summed E-state index contributed by atoms with van der Waals surface area (Å²) in [6, 6.07) is 1.84. The molecule has 0 aliphatic carbocycles. The topological polar surface area (TPSA) is 53.5 Å². The number of nitrogens with one attached hydrogen (secondary N) is 1. The van der Waals surface area contributed by atoms with Crippen molar-refractivity contribution >= 4 is 23.3 Å². The number of rotatable bonds is 3. The maximum Gasteiger partial charge on any atom is 0.225 e. The van der Waals surface area contributed by atoms with E-state index in [1.165, 1.54) is 0 Å². The zero-order valence-electron chi connectivity index (χ0n) is 12.1. The Morgan fingerprint density at radius 3 is 2.71 bits per heavy atom. The summed E-state index contributed by atoms with van der Waals surface area (Å²) in [7, 11) is 0. The lowest BCUT2D eigenvalue weighted by atomic mass is 10.2. The van der Waals surface area contributed by atoms with Crippen LogP contribution in [0.15, 0.2) is 18.5 Å². The van der Waals surface area contributed by atoms with Gasteiger partial charge in [-0.05, 0) is 31.1 Å². The van der Waals surface area contributed by atoms with Gasteiger partial charge in [0.2, 0.25) is 5.95 Å². The third-order valence-corrected chi connectivity index (χ3v) is 4.31. The number of hydrogen-bond acceptors (Lipinski definition) is 5. The Kier molecular flexibility index (Phi) is 4.82. The number of hydrogen-bond donors (Lipinski definition) is 1. The van der Waals surface area contributed by atoms with E-state index in [0.717, 1.165) is 63.2 Å². The van der Waals surface area contributed by atoms with Crippen LogP contribution in [0.4, 0.5) is 5.95 Å². The molecule has 1 aromatic heterocycles. The largest absolute Gasteiger partial charge is 0.376 e. The molecule has 3 heterocycles. The molecule has 1 aromatic rings. The van der Waals surface area contributed by atoms with Crippen LogP contribution in [0.25, 0.3) is 0 Å². The van der Waals surface area contributed by atoms with Crippen LogP contribution in [-0.4, -0.2) is 65.4 Å². The molecule has 2 fully saturated rings. The van der Waals surface area contributed by atoms with E-state index in [9.17, 15) is 0 Å². The Bertz CT molecular complexity index is 458. The predicted molar refractivity (Wildman–Crippen MR) is 85.4 cm³/mol. The minimum atomic E-state index is 0.321. The number of anilines is 1. The number of nitrogens with zero attached hydrogens (tertiary/aromatic N) is 4. The highest BCUT2D eigenvalue weighted by Crippen LogP contribution is 2.12. The maximum absolute atomic E-state index is 5.60. The van der Waals surface area contributed by atoms with E-state index < -0.39 is 0 Å². The molecule has 0 spiro atoms. The Morgan fingerprint density at radius 2 is 2.05 bits per heavy atom. The lowest BCUT2D eigenvalue weighted by Gasteiger charge is -2.36. The smallest absolute Gasteiger partial charge is 0.225 e. The molecule has 0 bridgehead atoms. The van der Waals surface area contributed by atoms with Gasteiger partial charge in [0, 0.05) is 51.7 Å². The molecule has 0 saturated carbocycles. The molecule has 7 heteroatoms. The summed E-state index contributed by atoms with van der Waals surface area (Å²) in [5, 5.41) is 4.16. The van der Waals surface area contributed by atoms with E-state index in [1.54, 1.807) is 12.4 Å². The van der Waals surface area contributed by atoms with Gasteiger partial charge < -0.3 is 19.9 Å². The first-order valence-corrected chi connectivity index (χ1v) is 7.90. The Balaban J connectivity index is 1.43. The van der Waals surface area contributed by atoms with E-state index in [4.69, 9.17) is 17.0 Å². The summed E-state index contributed by atoms with van der Waals surface area (Å²) in [6.45, 7) is 5.29. The summed E-state index contributed by atoms with van der Waals surface area (Å²) in [4.78, 5) is 13.0. The van der Waals surface area contributed by atoms with Gasteiger partial charge >= 0.3 is 0 Å². The zero-order chi connectivity index (χ0) is 14.5. The third-order valence-electron chi connectivity index (χ3n) is 3.91. The molecule has 1 unspecified atom stereocenters. The second-order valence-electron chi connectivity index (χ2n) is 5.34. The molecule has 2 saturated heterocycles. The lowest BCUT2D eigenvalue weighted by Crippen LogP contribution is -2.52. The lowest BCUT2D eigenvalue weighted by molar-refractivity contribution is 0.113. The van der Waals surface area contributed by atoms with Crippen molar-refractivity contribution in [1.82, 2.24) is 20.2 Å². The molecule has 3 rings (SSSR count). The minimum absolute atomic E-state index is 0.321. The highest BCUT2D eigenvalue weighted by atomic mass is 32.1. The van der Waals surface area contributed by atoms with Crippen LogP contribution in [0.2, 0.25) is 0 Å². The molecule has 2 aliphatic heterocycles. The standard InChI is InChI=1S/C14H21N5OS/c21-14(17-11-12-3-1-10-20-12)19-8-6-18(7-9-19)13-15-4-2-5-16-13/h2,4-5,12H,1,3,6-11H2,(H,17,21). The van der Waals surface area contributed by atoms with Crippen molar-refractivity contribution < 1.29 is 4.74 Å². The number of piperazine rings is 1. The second kappa shape index (κ2) is 7.00. The Labute approximate surface area is 130 Å². The first-order valence-electron chi connectivity index (χ1n) is 7.49. The Hall–Kier alpha value is -1.47. The molecule has 6 nitrogen and oxygen atoms in total. The van der Waals surface area contributed by atoms with E-state index in [2.05, 4.69) is 25.1 Å². The average Bonchev–Trinajstić information content (AvgIpc) is 3.07. The molecule has 1 N–H and O–H groups in total. The predicted octanol–water partition coefficient (Wildman–Crippen LogP) is 0.652. The van der Waals surface area contributed by atoms with Crippen molar-refractivity contribution in [1.29, 1.82) is 0 Å². The fourth-order valence-corrected chi connectivity index (χ4v) is 2.95. The molecule has 0 aromatic carbocycles. The monoisotopic (exact) mass is 307 g/mol. The molecule has 0 amide bonds. The molecule has 114 valence electrons. The summed E-state index contributed by atoms with van der Waals surface area (Å²) in [6.07, 6.45) is 6.18. The van der Waals surface area contributed by atoms with Crippen LogP contribution in [0.5, 0.6) is 0 Å². The zero-order valence-corrected chi connectivity index (χ0v) is 12.9. The SMILES string of the molecule is S=C(NCC1CCCO1)N1CCN(c2ncccn2)CC1. The van der Waals surface area contributed by atoms with Crippen LogP contribution in [0.3, 0.4) is 0 Å². The van der Waals surface area contributed by atoms with Gasteiger partial charge in [-0.15, -0.1) is 0 Å². The highest BCUT2D eigenvalue weighted by Gasteiger charge is 2.21. The summed E-state index contributed by atoms with van der Waals surface area (Å²) >= 11 is 5.47. The van der Waals surface area contributed by atoms with E-state index in [1.807, 2.05) is 6.07 Å². The molecule has 2 aliphatic rings. The van der Waals surface area contributed by atoms with E-state index in [-0.39, 0.29) is 0 Å². The van der Waals surface area contributed by atoms with Crippen molar-refractivity contribution in [3.63, 3.8) is 0 Å². The van der Waals surface area contributed by atoms with Gasteiger partial charge in [0.05, 0.1) is 6.10 Å². The molecule has 1 atom stereocenters. The minimum Gasteiger partial charge on any atom is -0.376 e. The van der Waals surface area contributed by atoms with Gasteiger partial charge in [-0.1, -0.05) is 0 Å². The van der Waals surface area contributed by atoms with Crippen molar-refractivity contribution in [2.45, 2.75) is 18.9 Å². The molecule has 21 heavy (non-hydrogen) atoms. The maximum atomic E-state index is 5.60. The van der Waals surface area contributed by atoms with Gasteiger partial charge in [0.1, 0.15) is 0 Å². The van der Waals surface area contributed by atoms with Gasteiger partial charge in [-0.2, -0.15) is 0 Å². The van der Waals surface area contributed by atoms with Crippen LogP contribution < -0.4 is 10.2 Å². The van der Waals surface area contributed by atoms with E-state index in [0.29, 0.717) is 6.10 Å². The number of ether oxygens (including phenoxy) is 1. The van der Waals surface area contributed by atoms with Gasteiger partial charge in [-0.3, -0.25) is 0 Å². The highest BCUT2D eigenvalue weighted by molar-refractivity contribution is 7.80. The fourth-order valence-electron chi connectivity index (χ4n) is 2.68. The third kappa shape index (κ3) is 3.79. The average molecular weight is 307 g/mol. The van der Waals surface area contributed by atoms with Crippen LogP contribution in [-0.2, 0) is 4.74 Å². The summed E-state index contributed by atoms with van der Waals surface area (Å²) in [5.74, 6) is 0.801. The van der Waals surface area contributed by atoms with Gasteiger partial charge in [-0.25, -0.2) is 9.97 Å². The van der Waals surface area contributed by atoms with E-state index >= 15 is 0 Å². The van der Waals surface area contributed by atoms with Crippen molar-refractivity contribution in [2.24, 2.45) is 0 Å². The van der Waals surface area contributed by atoms with Crippen molar-refractivity contribution in [3.8, 4) is 0 Å². The van der Waals surface area contributed by atoms with Gasteiger partial charge in [0.15, 0.2) is 5.11 Å². The normalized spacial score (nSPS) is 22.4. The quantitative estimate of drug-likeness (QED) is 0.823. The molecular formula is C14H21N5OS. The van der Waals surface area contributed by atoms with Crippen molar-refractivity contribution in [2.75, 3.05) is 44.2 Å². The molecule has 0 radical (unpaired) electrons. The Morgan fingerprint density at radius 1 is 1.29 bits per heavy atom. The number of thiocarbonyl (C=S) groups is 1. The summed E-state index contributed by atoms with van der Waals surface area (Å²) in [5.41, 5.74) is 0. The molecular weight excluding hydrogens is 286 g/mol. The first-order chi connectivity index (χ1) is 10.3. The van der Waals surface area contributed by atoms with Gasteiger partial charge in [0.25, 0.3) is 0 Å². The summed E-state index contributed by atoms with van der Waals surface area (Å²) < 4.78 is 5.60. The first kappa shape index (κ1) is 14.5.